The van der Waals surface area contributed by atoms with Crippen LogP contribution >= 0.6 is 0 Å². The van der Waals surface area contributed by atoms with E-state index < -0.39 is 0 Å². The van der Waals surface area contributed by atoms with Crippen LogP contribution in [0.1, 0.15) is 38.5 Å². The molecular weight excluding hydrogens is 188 g/mol. The molecule has 2 saturated carbocycles. The first kappa shape index (κ1) is 11.4. The van der Waals surface area contributed by atoms with Gasteiger partial charge in [0, 0.05) is 19.1 Å². The van der Waals surface area contributed by atoms with Crippen molar-refractivity contribution in [1.82, 2.24) is 4.90 Å². The molecule has 0 unspecified atom stereocenters. The lowest BCUT2D eigenvalue weighted by Gasteiger charge is -2.34. The molecular formula is C12H24N2O. The van der Waals surface area contributed by atoms with Crippen molar-refractivity contribution in [3.63, 3.8) is 0 Å². The minimum absolute atomic E-state index is 0.289. The Hall–Kier alpha value is -0.120. The summed E-state index contributed by atoms with van der Waals surface area (Å²) < 4.78 is 0. The summed E-state index contributed by atoms with van der Waals surface area (Å²) in [5.74, 6) is 0. The molecule has 0 amide bonds. The van der Waals surface area contributed by atoms with E-state index in [1.54, 1.807) is 0 Å². The monoisotopic (exact) mass is 212 g/mol. The Morgan fingerprint density at radius 2 is 1.93 bits per heavy atom. The summed E-state index contributed by atoms with van der Waals surface area (Å²) in [6, 6.07) is 0.751. The summed E-state index contributed by atoms with van der Waals surface area (Å²) in [5, 5.41) is 9.07. The largest absolute Gasteiger partial charge is 0.395 e. The lowest BCUT2D eigenvalue weighted by molar-refractivity contribution is 0.124. The molecule has 2 rings (SSSR count). The van der Waals surface area contributed by atoms with Gasteiger partial charge in [-0.3, -0.25) is 4.90 Å². The third-order valence-corrected chi connectivity index (χ3v) is 4.09. The normalized spacial score (nSPS) is 25.0. The summed E-state index contributed by atoms with van der Waals surface area (Å²) >= 11 is 0. The third kappa shape index (κ3) is 2.71. The Bertz CT molecular complexity index is 198. The van der Waals surface area contributed by atoms with Crippen LogP contribution in [0.5, 0.6) is 0 Å². The molecule has 0 bridgehead atoms. The molecule has 0 saturated heterocycles. The molecule has 0 aromatic carbocycles. The van der Waals surface area contributed by atoms with Crippen LogP contribution < -0.4 is 5.73 Å². The van der Waals surface area contributed by atoms with E-state index >= 15 is 0 Å². The van der Waals surface area contributed by atoms with Crippen molar-refractivity contribution in [1.29, 1.82) is 0 Å². The first-order valence-corrected chi connectivity index (χ1v) is 6.35. The predicted molar refractivity (Wildman–Crippen MR) is 61.6 cm³/mol. The molecule has 3 nitrogen and oxygen atoms in total. The van der Waals surface area contributed by atoms with E-state index in [0.29, 0.717) is 5.41 Å². The van der Waals surface area contributed by atoms with Gasteiger partial charge in [-0.15, -0.1) is 0 Å². The zero-order chi connectivity index (χ0) is 10.7. The van der Waals surface area contributed by atoms with Gasteiger partial charge >= 0.3 is 0 Å². The Balaban J connectivity index is 1.90. The van der Waals surface area contributed by atoms with Gasteiger partial charge in [-0.05, 0) is 37.6 Å². The fourth-order valence-electron chi connectivity index (χ4n) is 2.94. The van der Waals surface area contributed by atoms with E-state index in [-0.39, 0.29) is 6.61 Å². The second kappa shape index (κ2) is 4.81. The van der Waals surface area contributed by atoms with Crippen LogP contribution in [0.2, 0.25) is 0 Å². The zero-order valence-electron chi connectivity index (χ0n) is 9.62. The second-order valence-electron chi connectivity index (χ2n) is 5.34. The molecule has 2 aliphatic rings. The number of hydrogen-bond acceptors (Lipinski definition) is 3. The molecule has 3 heteroatoms. The number of aliphatic hydroxyl groups excluding tert-OH is 1. The second-order valence-corrected chi connectivity index (χ2v) is 5.34. The predicted octanol–water partition coefficient (Wildman–Crippen LogP) is 0.962. The van der Waals surface area contributed by atoms with Crippen LogP contribution in [-0.4, -0.2) is 42.3 Å². The van der Waals surface area contributed by atoms with E-state index in [2.05, 4.69) is 4.90 Å². The molecule has 0 aromatic heterocycles. The molecule has 88 valence electrons. The van der Waals surface area contributed by atoms with Crippen LogP contribution in [0.4, 0.5) is 0 Å². The number of rotatable bonds is 6. The Labute approximate surface area is 92.6 Å². The SMILES string of the molecule is NCC1(CN(CCO)C2CC2)CCCC1. The maximum Gasteiger partial charge on any atom is 0.0558 e. The van der Waals surface area contributed by atoms with Crippen LogP contribution in [0.15, 0.2) is 0 Å². The summed E-state index contributed by atoms with van der Waals surface area (Å²) in [7, 11) is 0. The quantitative estimate of drug-likeness (QED) is 0.689. The topological polar surface area (TPSA) is 49.5 Å². The average molecular weight is 212 g/mol. The van der Waals surface area contributed by atoms with E-state index in [0.717, 1.165) is 25.7 Å². The molecule has 2 aliphatic carbocycles. The molecule has 0 aliphatic heterocycles. The van der Waals surface area contributed by atoms with Gasteiger partial charge in [0.25, 0.3) is 0 Å². The highest BCUT2D eigenvalue weighted by molar-refractivity contribution is 4.93. The molecule has 0 aromatic rings. The van der Waals surface area contributed by atoms with Crippen molar-refractivity contribution < 1.29 is 5.11 Å². The summed E-state index contributed by atoms with van der Waals surface area (Å²) in [4.78, 5) is 2.47. The maximum absolute atomic E-state index is 9.07. The highest BCUT2D eigenvalue weighted by atomic mass is 16.3. The Morgan fingerprint density at radius 1 is 1.27 bits per heavy atom. The van der Waals surface area contributed by atoms with Crippen molar-refractivity contribution in [2.75, 3.05) is 26.2 Å². The lowest BCUT2D eigenvalue weighted by Crippen LogP contribution is -2.43. The van der Waals surface area contributed by atoms with Gasteiger partial charge in [0.2, 0.25) is 0 Å². The molecule has 0 atom stereocenters. The van der Waals surface area contributed by atoms with E-state index in [1.165, 1.54) is 38.5 Å². The lowest BCUT2D eigenvalue weighted by atomic mass is 9.85. The summed E-state index contributed by atoms with van der Waals surface area (Å²) in [6.07, 6.45) is 7.90. The van der Waals surface area contributed by atoms with Gasteiger partial charge in [-0.2, -0.15) is 0 Å². The minimum Gasteiger partial charge on any atom is -0.395 e. The molecule has 3 N–H and O–H groups in total. The molecule has 0 radical (unpaired) electrons. The van der Waals surface area contributed by atoms with E-state index in [9.17, 15) is 0 Å². The first-order valence-electron chi connectivity index (χ1n) is 6.35. The number of hydrogen-bond donors (Lipinski definition) is 2. The minimum atomic E-state index is 0.289. The molecule has 0 spiro atoms. The summed E-state index contributed by atoms with van der Waals surface area (Å²) in [5.41, 5.74) is 6.32. The van der Waals surface area contributed by atoms with Crippen LogP contribution in [0.25, 0.3) is 0 Å². The average Bonchev–Trinajstić information content (AvgIpc) is 3.00. The van der Waals surface area contributed by atoms with Crippen LogP contribution in [0.3, 0.4) is 0 Å². The third-order valence-electron chi connectivity index (χ3n) is 4.09. The van der Waals surface area contributed by atoms with Gasteiger partial charge in [0.1, 0.15) is 0 Å². The number of nitrogens with zero attached hydrogens (tertiary/aromatic N) is 1. The van der Waals surface area contributed by atoms with Crippen LogP contribution in [-0.2, 0) is 0 Å². The van der Waals surface area contributed by atoms with Gasteiger partial charge in [0.05, 0.1) is 6.61 Å². The fraction of sp³-hybridized carbons (Fsp3) is 1.00. The molecule has 0 heterocycles. The molecule has 2 fully saturated rings. The van der Waals surface area contributed by atoms with Gasteiger partial charge in [0.15, 0.2) is 0 Å². The van der Waals surface area contributed by atoms with Gasteiger partial charge in [-0.1, -0.05) is 12.8 Å². The zero-order valence-corrected chi connectivity index (χ0v) is 9.62. The van der Waals surface area contributed by atoms with Crippen molar-refractivity contribution in [2.24, 2.45) is 11.1 Å². The van der Waals surface area contributed by atoms with Crippen molar-refractivity contribution in [2.45, 2.75) is 44.6 Å². The standard InChI is InChI=1S/C12H24N2O/c13-9-12(5-1-2-6-12)10-14(7-8-15)11-3-4-11/h11,15H,1-10,13H2. The smallest absolute Gasteiger partial charge is 0.0558 e. The maximum atomic E-state index is 9.07. The van der Waals surface area contributed by atoms with Gasteiger partial charge < -0.3 is 10.8 Å². The Kier molecular flexibility index (Phi) is 3.65. The number of aliphatic hydroxyl groups is 1. The van der Waals surface area contributed by atoms with Gasteiger partial charge in [-0.25, -0.2) is 0 Å². The van der Waals surface area contributed by atoms with E-state index in [1.807, 2.05) is 0 Å². The van der Waals surface area contributed by atoms with Crippen molar-refractivity contribution >= 4 is 0 Å². The van der Waals surface area contributed by atoms with E-state index in [4.69, 9.17) is 10.8 Å². The van der Waals surface area contributed by atoms with Crippen molar-refractivity contribution in [3.8, 4) is 0 Å². The summed E-state index contributed by atoms with van der Waals surface area (Å²) in [6.45, 7) is 3.07. The fourth-order valence-corrected chi connectivity index (χ4v) is 2.94. The molecule has 15 heavy (non-hydrogen) atoms. The number of nitrogens with two attached hydrogens (primary N) is 1. The highest BCUT2D eigenvalue weighted by Gasteiger charge is 2.38. The van der Waals surface area contributed by atoms with Crippen LogP contribution in [0, 0.1) is 5.41 Å². The first-order chi connectivity index (χ1) is 7.29. The Morgan fingerprint density at radius 3 is 2.40 bits per heavy atom. The van der Waals surface area contributed by atoms with Crippen molar-refractivity contribution in [3.05, 3.63) is 0 Å². The highest BCUT2D eigenvalue weighted by Crippen LogP contribution is 2.40.